The molecule has 0 aromatic rings. The van der Waals surface area contributed by atoms with Gasteiger partial charge in [0.15, 0.2) is 0 Å². The molecule has 88 valence electrons. The van der Waals surface area contributed by atoms with Crippen molar-refractivity contribution in [3.05, 3.63) is 0 Å². The van der Waals surface area contributed by atoms with Gasteiger partial charge in [-0.25, -0.2) is 9.18 Å². The number of aliphatic hydroxyl groups excluding tert-OH is 1. The summed E-state index contributed by atoms with van der Waals surface area (Å²) in [5, 5.41) is 9.24. The largest absolute Gasteiger partial charge is 0.458 e. The molecule has 0 bridgehead atoms. The fraction of sp³-hybridized carbons (Fsp3) is 0.909. The number of carbonyl (C=O) groups excluding carboxylic acids is 1. The standard InChI is InChI=1S/C11H19FO3/c1-10(2,3)15-9(14)11(12)6-4-8(13)5-7-11/h8,13H,4-7H2,1-3H3/t8-,11+. The molecular weight excluding hydrogens is 199 g/mol. The summed E-state index contributed by atoms with van der Waals surface area (Å²) in [6, 6.07) is 0. The van der Waals surface area contributed by atoms with E-state index in [0.717, 1.165) is 0 Å². The number of halogens is 1. The fourth-order valence-corrected chi connectivity index (χ4v) is 1.63. The monoisotopic (exact) mass is 218 g/mol. The minimum absolute atomic E-state index is 0.0586. The smallest absolute Gasteiger partial charge is 0.344 e. The predicted molar refractivity (Wildman–Crippen MR) is 54.2 cm³/mol. The van der Waals surface area contributed by atoms with Crippen LogP contribution in [0.15, 0.2) is 0 Å². The van der Waals surface area contributed by atoms with Gasteiger partial charge in [-0.2, -0.15) is 0 Å². The summed E-state index contributed by atoms with van der Waals surface area (Å²) in [5.41, 5.74) is -2.56. The molecule has 3 nitrogen and oxygen atoms in total. The van der Waals surface area contributed by atoms with Crippen molar-refractivity contribution < 1.29 is 19.0 Å². The van der Waals surface area contributed by atoms with Crippen molar-refractivity contribution in [2.24, 2.45) is 0 Å². The van der Waals surface area contributed by atoms with Crippen LogP contribution < -0.4 is 0 Å². The molecule has 15 heavy (non-hydrogen) atoms. The number of alkyl halides is 1. The van der Waals surface area contributed by atoms with E-state index in [1.165, 1.54) is 0 Å². The second kappa shape index (κ2) is 4.08. The van der Waals surface area contributed by atoms with E-state index in [4.69, 9.17) is 4.74 Å². The first-order chi connectivity index (χ1) is 6.73. The van der Waals surface area contributed by atoms with Crippen LogP contribution in [0.25, 0.3) is 0 Å². The molecule has 0 aromatic heterocycles. The normalized spacial score (nSPS) is 32.5. The second-order valence-corrected chi connectivity index (χ2v) is 5.20. The zero-order valence-electron chi connectivity index (χ0n) is 9.55. The number of rotatable bonds is 1. The summed E-state index contributed by atoms with van der Waals surface area (Å²) < 4.78 is 19.1. The number of hydrogen-bond acceptors (Lipinski definition) is 3. The summed E-state index contributed by atoms with van der Waals surface area (Å²) in [6.07, 6.45) is 0.300. The zero-order chi connectivity index (χ0) is 11.7. The van der Waals surface area contributed by atoms with Crippen LogP contribution in [0.1, 0.15) is 46.5 Å². The molecule has 0 heterocycles. The molecule has 0 saturated heterocycles. The van der Waals surface area contributed by atoms with Gasteiger partial charge in [0.25, 0.3) is 0 Å². The second-order valence-electron chi connectivity index (χ2n) is 5.20. The highest BCUT2D eigenvalue weighted by molar-refractivity contribution is 5.79. The maximum absolute atomic E-state index is 14.1. The third kappa shape index (κ3) is 3.45. The summed E-state index contributed by atoms with van der Waals surface area (Å²) in [6.45, 7) is 5.14. The van der Waals surface area contributed by atoms with Crippen LogP contribution in [0.4, 0.5) is 4.39 Å². The molecule has 0 unspecified atom stereocenters. The van der Waals surface area contributed by atoms with Gasteiger partial charge >= 0.3 is 5.97 Å². The van der Waals surface area contributed by atoms with Gasteiger partial charge in [-0.1, -0.05) is 0 Å². The van der Waals surface area contributed by atoms with E-state index >= 15 is 0 Å². The Morgan fingerprint density at radius 2 is 1.87 bits per heavy atom. The van der Waals surface area contributed by atoms with Crippen LogP contribution in [0, 0.1) is 0 Å². The Kier molecular flexibility index (Phi) is 3.38. The Bertz CT molecular complexity index is 237. The van der Waals surface area contributed by atoms with Crippen molar-refractivity contribution in [3.8, 4) is 0 Å². The number of hydrogen-bond donors (Lipinski definition) is 1. The number of aliphatic hydroxyl groups is 1. The third-order valence-electron chi connectivity index (χ3n) is 2.51. The van der Waals surface area contributed by atoms with Gasteiger partial charge in [-0.05, 0) is 46.5 Å². The van der Waals surface area contributed by atoms with E-state index in [9.17, 15) is 14.3 Å². The first-order valence-corrected chi connectivity index (χ1v) is 5.33. The van der Waals surface area contributed by atoms with Crippen LogP contribution >= 0.6 is 0 Å². The van der Waals surface area contributed by atoms with E-state index < -0.39 is 23.3 Å². The highest BCUT2D eigenvalue weighted by Crippen LogP contribution is 2.34. The van der Waals surface area contributed by atoms with E-state index in [-0.39, 0.29) is 12.8 Å². The van der Waals surface area contributed by atoms with Gasteiger partial charge in [-0.15, -0.1) is 0 Å². The van der Waals surface area contributed by atoms with E-state index in [0.29, 0.717) is 12.8 Å². The fourth-order valence-electron chi connectivity index (χ4n) is 1.63. The van der Waals surface area contributed by atoms with Gasteiger partial charge in [0.05, 0.1) is 6.10 Å². The van der Waals surface area contributed by atoms with Crippen molar-refractivity contribution in [2.75, 3.05) is 0 Å². The lowest BCUT2D eigenvalue weighted by molar-refractivity contribution is -0.173. The topological polar surface area (TPSA) is 46.5 Å². The summed E-state index contributed by atoms with van der Waals surface area (Å²) in [4.78, 5) is 11.6. The highest BCUT2D eigenvalue weighted by atomic mass is 19.1. The Hall–Kier alpha value is -0.640. The van der Waals surface area contributed by atoms with E-state index in [1.54, 1.807) is 20.8 Å². The number of carbonyl (C=O) groups is 1. The van der Waals surface area contributed by atoms with Crippen LogP contribution in [0.3, 0.4) is 0 Å². The van der Waals surface area contributed by atoms with Crippen LogP contribution in [0.5, 0.6) is 0 Å². The van der Waals surface area contributed by atoms with Crippen LogP contribution in [0.2, 0.25) is 0 Å². The first-order valence-electron chi connectivity index (χ1n) is 5.33. The average Bonchev–Trinajstić information content (AvgIpc) is 2.07. The van der Waals surface area contributed by atoms with Crippen molar-refractivity contribution in [1.82, 2.24) is 0 Å². The molecule has 0 radical (unpaired) electrons. The third-order valence-corrected chi connectivity index (χ3v) is 2.51. The van der Waals surface area contributed by atoms with Gasteiger partial charge in [-0.3, -0.25) is 0 Å². The summed E-state index contributed by atoms with van der Waals surface area (Å²) in [7, 11) is 0. The van der Waals surface area contributed by atoms with Crippen molar-refractivity contribution in [3.63, 3.8) is 0 Å². The molecule has 1 aliphatic carbocycles. The van der Waals surface area contributed by atoms with Crippen molar-refractivity contribution in [2.45, 2.75) is 63.8 Å². The molecule has 0 aliphatic heterocycles. The Labute approximate surface area is 89.6 Å². The molecule has 0 amide bonds. The minimum Gasteiger partial charge on any atom is -0.458 e. The quantitative estimate of drug-likeness (QED) is 0.684. The van der Waals surface area contributed by atoms with Gasteiger partial charge in [0.2, 0.25) is 5.67 Å². The van der Waals surface area contributed by atoms with Gasteiger partial charge in [0, 0.05) is 0 Å². The lowest BCUT2D eigenvalue weighted by Crippen LogP contribution is -2.43. The maximum atomic E-state index is 14.1. The predicted octanol–water partition coefficient (Wildman–Crippen LogP) is 1.97. The molecule has 0 aromatic carbocycles. The van der Waals surface area contributed by atoms with Crippen molar-refractivity contribution in [1.29, 1.82) is 0 Å². The Morgan fingerprint density at radius 3 is 2.27 bits per heavy atom. The molecular formula is C11H19FO3. The molecule has 1 aliphatic rings. The van der Waals surface area contributed by atoms with Crippen LogP contribution in [-0.2, 0) is 9.53 Å². The van der Waals surface area contributed by atoms with E-state index in [2.05, 4.69) is 0 Å². The zero-order valence-corrected chi connectivity index (χ0v) is 9.55. The first kappa shape index (κ1) is 12.4. The maximum Gasteiger partial charge on any atom is 0.344 e. The Balaban J connectivity index is 2.58. The lowest BCUT2D eigenvalue weighted by Gasteiger charge is -2.32. The molecule has 1 rings (SSSR count). The van der Waals surface area contributed by atoms with Gasteiger partial charge in [0.1, 0.15) is 5.60 Å². The summed E-state index contributed by atoms with van der Waals surface area (Å²) >= 11 is 0. The number of esters is 1. The molecule has 0 spiro atoms. The summed E-state index contributed by atoms with van der Waals surface area (Å²) in [5.74, 6) is -0.790. The molecule has 1 fully saturated rings. The van der Waals surface area contributed by atoms with E-state index in [1.807, 2.05) is 0 Å². The minimum atomic E-state index is -1.90. The molecule has 1 saturated carbocycles. The molecule has 4 heteroatoms. The van der Waals surface area contributed by atoms with Crippen molar-refractivity contribution >= 4 is 5.97 Å². The molecule has 1 N–H and O–H groups in total. The average molecular weight is 218 g/mol. The number of ether oxygens (including phenoxy) is 1. The van der Waals surface area contributed by atoms with Gasteiger partial charge < -0.3 is 9.84 Å². The highest BCUT2D eigenvalue weighted by Gasteiger charge is 2.44. The molecule has 0 atom stereocenters. The Morgan fingerprint density at radius 1 is 1.40 bits per heavy atom. The SMILES string of the molecule is CC(C)(C)OC(=O)[C@]1(F)CC[C@@H](O)CC1. The van der Waals surface area contributed by atoms with Crippen LogP contribution in [-0.4, -0.2) is 28.4 Å². The lowest BCUT2D eigenvalue weighted by atomic mass is 9.85.